The molecule has 19 heavy (non-hydrogen) atoms. The zero-order valence-electron chi connectivity index (χ0n) is 10.00. The maximum Gasteiger partial charge on any atom is 0.163 e. The van der Waals surface area contributed by atoms with Gasteiger partial charge in [0.1, 0.15) is 0 Å². The average molecular weight is 358 g/mol. The van der Waals surface area contributed by atoms with Crippen molar-refractivity contribution in [1.29, 1.82) is 0 Å². The molecule has 0 aromatic heterocycles. The molecule has 0 saturated carbocycles. The van der Waals surface area contributed by atoms with Gasteiger partial charge in [0.2, 0.25) is 0 Å². The quantitative estimate of drug-likeness (QED) is 0.653. The highest BCUT2D eigenvalue weighted by atomic mass is 79.9. The van der Waals surface area contributed by atoms with E-state index >= 15 is 0 Å². The number of Topliss-reactive ketones (excluding diaryl/α,β-unsaturated/α-hetero) is 1. The number of benzene rings is 2. The Morgan fingerprint density at radius 1 is 1.00 bits per heavy atom. The molecule has 0 unspecified atom stereocenters. The molecule has 0 radical (unpaired) electrons. The van der Waals surface area contributed by atoms with Gasteiger partial charge in [0.25, 0.3) is 0 Å². The van der Waals surface area contributed by atoms with Crippen molar-refractivity contribution in [2.24, 2.45) is 0 Å². The number of halogens is 3. The van der Waals surface area contributed by atoms with Crippen LogP contribution in [0.1, 0.15) is 22.3 Å². The Morgan fingerprint density at radius 3 is 2.32 bits per heavy atom. The topological polar surface area (TPSA) is 17.1 Å². The van der Waals surface area contributed by atoms with Crippen LogP contribution < -0.4 is 0 Å². The van der Waals surface area contributed by atoms with Crippen molar-refractivity contribution in [3.63, 3.8) is 0 Å². The first-order chi connectivity index (χ1) is 9.06. The summed E-state index contributed by atoms with van der Waals surface area (Å²) in [6.07, 6.45) is 1.17. The summed E-state index contributed by atoms with van der Waals surface area (Å²) in [5.74, 6) is 0.0708. The van der Waals surface area contributed by atoms with Gasteiger partial charge in [-0.2, -0.15) is 0 Å². The van der Waals surface area contributed by atoms with Crippen molar-refractivity contribution >= 4 is 44.9 Å². The van der Waals surface area contributed by atoms with Gasteiger partial charge in [-0.3, -0.25) is 4.79 Å². The minimum Gasteiger partial charge on any atom is -0.294 e. The van der Waals surface area contributed by atoms with E-state index in [1.54, 1.807) is 18.2 Å². The molecule has 4 heteroatoms. The van der Waals surface area contributed by atoms with Gasteiger partial charge in [0, 0.05) is 16.5 Å². The van der Waals surface area contributed by atoms with Crippen LogP contribution in [0.15, 0.2) is 46.9 Å². The summed E-state index contributed by atoms with van der Waals surface area (Å²) in [5.41, 5.74) is 1.74. The Balaban J connectivity index is 2.01. The summed E-state index contributed by atoms with van der Waals surface area (Å²) in [6, 6.07) is 12.9. The molecule has 0 bridgehead atoms. The molecular formula is C15H11BrCl2O. The molecule has 0 aliphatic rings. The van der Waals surface area contributed by atoms with E-state index in [1.165, 1.54) is 0 Å². The second-order valence-electron chi connectivity index (χ2n) is 4.18. The smallest absolute Gasteiger partial charge is 0.163 e. The second-order valence-corrected chi connectivity index (χ2v) is 5.91. The highest BCUT2D eigenvalue weighted by Crippen LogP contribution is 2.23. The van der Waals surface area contributed by atoms with Gasteiger partial charge in [-0.05, 0) is 42.3 Å². The fourth-order valence-corrected chi connectivity index (χ4v) is 2.29. The van der Waals surface area contributed by atoms with Crippen molar-refractivity contribution in [2.75, 3.05) is 0 Å². The fraction of sp³-hybridized carbons (Fsp3) is 0.133. The number of hydrogen-bond acceptors (Lipinski definition) is 1. The van der Waals surface area contributed by atoms with Crippen LogP contribution in [0.5, 0.6) is 0 Å². The number of rotatable bonds is 4. The van der Waals surface area contributed by atoms with Crippen LogP contribution in [0.3, 0.4) is 0 Å². The first kappa shape index (κ1) is 14.6. The summed E-state index contributed by atoms with van der Waals surface area (Å²) >= 11 is 15.1. The number of aryl methyl sites for hydroxylation is 1. The largest absolute Gasteiger partial charge is 0.294 e. The average Bonchev–Trinajstić information content (AvgIpc) is 2.41. The van der Waals surface area contributed by atoms with E-state index in [0.717, 1.165) is 10.0 Å². The monoisotopic (exact) mass is 356 g/mol. The van der Waals surface area contributed by atoms with Crippen molar-refractivity contribution < 1.29 is 4.79 Å². The Bertz CT molecular complexity index is 594. The summed E-state index contributed by atoms with van der Waals surface area (Å²) < 4.78 is 1.03. The molecule has 0 atom stereocenters. The van der Waals surface area contributed by atoms with Crippen LogP contribution >= 0.6 is 39.1 Å². The second kappa shape index (κ2) is 6.56. The predicted octanol–water partition coefficient (Wildman–Crippen LogP) is 5.57. The van der Waals surface area contributed by atoms with Gasteiger partial charge >= 0.3 is 0 Å². The molecule has 2 aromatic carbocycles. The Morgan fingerprint density at radius 2 is 1.68 bits per heavy atom. The van der Waals surface area contributed by atoms with Gasteiger partial charge in [0.15, 0.2) is 5.78 Å². The Hall–Kier alpha value is -0.830. The van der Waals surface area contributed by atoms with Crippen LogP contribution in [-0.4, -0.2) is 5.78 Å². The molecule has 2 rings (SSSR count). The van der Waals surface area contributed by atoms with Crippen molar-refractivity contribution in [1.82, 2.24) is 0 Å². The normalized spacial score (nSPS) is 10.5. The SMILES string of the molecule is O=C(CCc1ccc(Br)cc1)c1ccc(Cl)c(Cl)c1. The molecule has 0 aliphatic carbocycles. The molecule has 0 spiro atoms. The maximum absolute atomic E-state index is 12.0. The van der Waals surface area contributed by atoms with Crippen molar-refractivity contribution in [2.45, 2.75) is 12.8 Å². The van der Waals surface area contributed by atoms with Crippen LogP contribution in [0.25, 0.3) is 0 Å². The lowest BCUT2D eigenvalue weighted by atomic mass is 10.0. The lowest BCUT2D eigenvalue weighted by molar-refractivity contribution is 0.0983. The first-order valence-corrected chi connectivity index (χ1v) is 7.34. The molecule has 0 heterocycles. The van der Waals surface area contributed by atoms with Gasteiger partial charge in [-0.25, -0.2) is 0 Å². The molecule has 2 aromatic rings. The molecule has 0 fully saturated rings. The van der Waals surface area contributed by atoms with E-state index in [9.17, 15) is 4.79 Å². The molecule has 98 valence electrons. The third-order valence-electron chi connectivity index (χ3n) is 2.80. The first-order valence-electron chi connectivity index (χ1n) is 5.79. The summed E-state index contributed by atoms with van der Waals surface area (Å²) in [6.45, 7) is 0. The van der Waals surface area contributed by atoms with Crippen LogP contribution in [0.2, 0.25) is 10.0 Å². The maximum atomic E-state index is 12.0. The molecule has 0 aliphatic heterocycles. The fourth-order valence-electron chi connectivity index (χ4n) is 1.72. The number of ketones is 1. The van der Waals surface area contributed by atoms with Gasteiger partial charge in [-0.15, -0.1) is 0 Å². The van der Waals surface area contributed by atoms with E-state index in [0.29, 0.717) is 28.5 Å². The summed E-state index contributed by atoms with van der Waals surface area (Å²) in [5, 5.41) is 0.877. The molecule has 0 amide bonds. The van der Waals surface area contributed by atoms with E-state index in [2.05, 4.69) is 15.9 Å². The minimum absolute atomic E-state index is 0.0708. The van der Waals surface area contributed by atoms with Crippen LogP contribution in [-0.2, 0) is 6.42 Å². The van der Waals surface area contributed by atoms with Gasteiger partial charge < -0.3 is 0 Å². The van der Waals surface area contributed by atoms with Crippen molar-refractivity contribution in [3.8, 4) is 0 Å². The molecular weight excluding hydrogens is 347 g/mol. The standard InChI is InChI=1S/C15H11BrCl2O/c16-12-5-1-10(2-6-12)3-8-15(19)11-4-7-13(17)14(18)9-11/h1-2,4-7,9H,3,8H2. The number of carbonyl (C=O) groups excluding carboxylic acids is 1. The highest BCUT2D eigenvalue weighted by Gasteiger charge is 2.08. The number of carbonyl (C=O) groups is 1. The van der Waals surface area contributed by atoms with E-state index in [-0.39, 0.29) is 5.78 Å². The molecule has 0 N–H and O–H groups in total. The van der Waals surface area contributed by atoms with E-state index in [1.807, 2.05) is 24.3 Å². The van der Waals surface area contributed by atoms with Crippen LogP contribution in [0, 0.1) is 0 Å². The summed E-state index contributed by atoms with van der Waals surface area (Å²) in [7, 11) is 0. The lowest BCUT2D eigenvalue weighted by Crippen LogP contribution is -2.01. The Kier molecular flexibility index (Phi) is 5.03. The summed E-state index contributed by atoms with van der Waals surface area (Å²) in [4.78, 5) is 12.0. The predicted molar refractivity (Wildman–Crippen MR) is 83.3 cm³/mol. The molecule has 0 saturated heterocycles. The minimum atomic E-state index is 0.0708. The Labute approximate surface area is 130 Å². The third-order valence-corrected chi connectivity index (χ3v) is 4.06. The highest BCUT2D eigenvalue weighted by molar-refractivity contribution is 9.10. The van der Waals surface area contributed by atoms with Gasteiger partial charge in [0.05, 0.1) is 10.0 Å². The van der Waals surface area contributed by atoms with Crippen LogP contribution in [0.4, 0.5) is 0 Å². The zero-order valence-corrected chi connectivity index (χ0v) is 13.1. The van der Waals surface area contributed by atoms with Gasteiger partial charge in [-0.1, -0.05) is 51.3 Å². The lowest BCUT2D eigenvalue weighted by Gasteiger charge is -2.03. The zero-order chi connectivity index (χ0) is 13.8. The number of hydrogen-bond donors (Lipinski definition) is 0. The third kappa shape index (κ3) is 4.07. The van der Waals surface area contributed by atoms with Crippen molar-refractivity contribution in [3.05, 3.63) is 68.1 Å². The van der Waals surface area contributed by atoms with E-state index < -0.39 is 0 Å². The molecule has 1 nitrogen and oxygen atoms in total. The van der Waals surface area contributed by atoms with E-state index in [4.69, 9.17) is 23.2 Å².